The Morgan fingerprint density at radius 2 is 1.90 bits per heavy atom. The molecule has 2 heterocycles. The Morgan fingerprint density at radius 3 is 2.58 bits per heavy atom. The van der Waals surface area contributed by atoms with Crippen molar-refractivity contribution >= 4 is 16.0 Å². The number of nitrogens with zero attached hydrogens (tertiary/aromatic N) is 4. The minimum Gasteiger partial charge on any atom is -0.356 e. The molecule has 0 atom stereocenters. The number of rotatable bonds is 8. The number of nitrogens with one attached hydrogen (secondary N) is 2. The first-order valence-corrected chi connectivity index (χ1v) is 12.4. The third-order valence-corrected chi connectivity index (χ3v) is 7.37. The SMILES string of the molecule is CN=C(NCCCn1nc(C)cc1C)NCc1cccc(S(=O)(=O)N2CCCCC2)c1. The third-order valence-electron chi connectivity index (χ3n) is 5.48. The topological polar surface area (TPSA) is 91.6 Å². The van der Waals surface area contributed by atoms with E-state index >= 15 is 0 Å². The van der Waals surface area contributed by atoms with Crippen LogP contribution >= 0.6 is 0 Å². The smallest absolute Gasteiger partial charge is 0.243 e. The van der Waals surface area contributed by atoms with Gasteiger partial charge in [-0.25, -0.2) is 8.42 Å². The molecule has 8 nitrogen and oxygen atoms in total. The molecule has 31 heavy (non-hydrogen) atoms. The van der Waals surface area contributed by atoms with Crippen molar-refractivity contribution in [1.82, 2.24) is 24.7 Å². The summed E-state index contributed by atoms with van der Waals surface area (Å²) in [5.74, 6) is 0.692. The molecule has 1 aliphatic rings. The number of guanidine groups is 1. The van der Waals surface area contributed by atoms with Gasteiger partial charge in [0.2, 0.25) is 10.0 Å². The quantitative estimate of drug-likeness (QED) is 0.369. The maximum atomic E-state index is 12.9. The molecule has 1 aromatic carbocycles. The lowest BCUT2D eigenvalue weighted by molar-refractivity contribution is 0.346. The van der Waals surface area contributed by atoms with E-state index in [-0.39, 0.29) is 0 Å². The lowest BCUT2D eigenvalue weighted by Crippen LogP contribution is -2.37. The van der Waals surface area contributed by atoms with Gasteiger partial charge in [-0.3, -0.25) is 9.67 Å². The number of hydrogen-bond acceptors (Lipinski definition) is 4. The Hall–Kier alpha value is -2.39. The van der Waals surface area contributed by atoms with E-state index in [1.54, 1.807) is 29.6 Å². The molecule has 1 fully saturated rings. The minimum atomic E-state index is -3.42. The van der Waals surface area contributed by atoms with Crippen LogP contribution in [0.3, 0.4) is 0 Å². The molecule has 0 saturated carbocycles. The van der Waals surface area contributed by atoms with Crippen LogP contribution in [0.1, 0.15) is 42.6 Å². The summed E-state index contributed by atoms with van der Waals surface area (Å²) in [6, 6.07) is 9.25. The van der Waals surface area contributed by atoms with E-state index < -0.39 is 10.0 Å². The number of hydrogen-bond donors (Lipinski definition) is 2. The van der Waals surface area contributed by atoms with Crippen molar-refractivity contribution in [2.75, 3.05) is 26.7 Å². The monoisotopic (exact) mass is 446 g/mol. The van der Waals surface area contributed by atoms with E-state index in [4.69, 9.17) is 0 Å². The molecule has 3 rings (SSSR count). The number of piperidine rings is 1. The molecule has 1 saturated heterocycles. The fraction of sp³-hybridized carbons (Fsp3) is 0.545. The first-order chi connectivity index (χ1) is 14.9. The fourth-order valence-electron chi connectivity index (χ4n) is 3.81. The summed E-state index contributed by atoms with van der Waals surface area (Å²) in [5.41, 5.74) is 3.11. The van der Waals surface area contributed by atoms with Crippen molar-refractivity contribution < 1.29 is 8.42 Å². The van der Waals surface area contributed by atoms with Crippen molar-refractivity contribution in [1.29, 1.82) is 0 Å². The van der Waals surface area contributed by atoms with Gasteiger partial charge in [0.25, 0.3) is 0 Å². The highest BCUT2D eigenvalue weighted by Gasteiger charge is 2.25. The third kappa shape index (κ3) is 6.30. The molecule has 0 bridgehead atoms. The van der Waals surface area contributed by atoms with Gasteiger partial charge in [0.05, 0.1) is 10.6 Å². The average Bonchev–Trinajstić information content (AvgIpc) is 3.10. The summed E-state index contributed by atoms with van der Waals surface area (Å²) in [7, 11) is -1.69. The number of aromatic nitrogens is 2. The predicted molar refractivity (Wildman–Crippen MR) is 124 cm³/mol. The Bertz CT molecular complexity index is 993. The highest BCUT2D eigenvalue weighted by Crippen LogP contribution is 2.21. The zero-order chi connectivity index (χ0) is 22.3. The van der Waals surface area contributed by atoms with E-state index in [1.807, 2.05) is 17.7 Å². The van der Waals surface area contributed by atoms with Gasteiger partial charge in [-0.2, -0.15) is 9.40 Å². The second-order valence-corrected chi connectivity index (χ2v) is 9.91. The van der Waals surface area contributed by atoms with E-state index in [9.17, 15) is 8.42 Å². The van der Waals surface area contributed by atoms with Crippen LogP contribution in [-0.2, 0) is 23.1 Å². The molecule has 0 aliphatic carbocycles. The number of aliphatic imine (C=N–C) groups is 1. The summed E-state index contributed by atoms with van der Waals surface area (Å²) >= 11 is 0. The summed E-state index contributed by atoms with van der Waals surface area (Å²) in [6.45, 7) is 7.40. The standard InChI is InChI=1S/C22H34N6O2S/c1-18-15-19(2)28(26-18)14-8-11-24-22(23-3)25-17-20-9-7-10-21(16-20)31(29,30)27-12-5-4-6-13-27/h7,9-10,15-16H,4-6,8,11-14,17H2,1-3H3,(H2,23,24,25). The first kappa shape index (κ1) is 23.3. The molecule has 2 N–H and O–H groups in total. The molecular weight excluding hydrogens is 412 g/mol. The predicted octanol–water partition coefficient (Wildman–Crippen LogP) is 2.43. The molecule has 2 aromatic rings. The second-order valence-electron chi connectivity index (χ2n) is 7.97. The van der Waals surface area contributed by atoms with Crippen molar-refractivity contribution in [3.63, 3.8) is 0 Å². The van der Waals surface area contributed by atoms with Crippen LogP contribution in [0.4, 0.5) is 0 Å². The Labute approximate surface area is 185 Å². The van der Waals surface area contributed by atoms with Gasteiger partial charge >= 0.3 is 0 Å². The first-order valence-electron chi connectivity index (χ1n) is 10.9. The van der Waals surface area contributed by atoms with Gasteiger partial charge in [0, 0.05) is 45.5 Å². The van der Waals surface area contributed by atoms with Gasteiger partial charge in [0.1, 0.15) is 0 Å². The molecule has 1 aromatic heterocycles. The van der Waals surface area contributed by atoms with Gasteiger partial charge in [-0.15, -0.1) is 0 Å². The maximum Gasteiger partial charge on any atom is 0.243 e. The molecule has 170 valence electrons. The number of benzene rings is 1. The highest BCUT2D eigenvalue weighted by atomic mass is 32.2. The van der Waals surface area contributed by atoms with Crippen molar-refractivity contribution in [3.05, 3.63) is 47.3 Å². The van der Waals surface area contributed by atoms with E-state index in [0.29, 0.717) is 30.5 Å². The van der Waals surface area contributed by atoms with Crippen LogP contribution in [0.25, 0.3) is 0 Å². The Balaban J connectivity index is 1.50. The Kier molecular flexibility index (Phi) is 8.09. The lowest BCUT2D eigenvalue weighted by Gasteiger charge is -2.26. The van der Waals surface area contributed by atoms with Gasteiger partial charge in [-0.1, -0.05) is 18.6 Å². The van der Waals surface area contributed by atoms with Crippen molar-refractivity contribution in [3.8, 4) is 0 Å². The largest absolute Gasteiger partial charge is 0.356 e. The van der Waals surface area contributed by atoms with Crippen molar-refractivity contribution in [2.24, 2.45) is 4.99 Å². The molecule has 0 unspecified atom stereocenters. The molecule has 0 radical (unpaired) electrons. The van der Waals surface area contributed by atoms with Crippen molar-refractivity contribution in [2.45, 2.75) is 57.5 Å². The summed E-state index contributed by atoms with van der Waals surface area (Å²) in [4.78, 5) is 4.62. The van der Waals surface area contributed by atoms with Crippen LogP contribution in [0.15, 0.2) is 40.2 Å². The summed E-state index contributed by atoms with van der Waals surface area (Å²) < 4.78 is 29.4. The van der Waals surface area contributed by atoms with E-state index in [1.165, 1.54) is 5.69 Å². The summed E-state index contributed by atoms with van der Waals surface area (Å²) in [5, 5.41) is 11.0. The lowest BCUT2D eigenvalue weighted by atomic mass is 10.2. The number of sulfonamides is 1. The van der Waals surface area contributed by atoms with Gasteiger partial charge in [-0.05, 0) is 56.9 Å². The van der Waals surface area contributed by atoms with E-state index in [2.05, 4.69) is 33.7 Å². The minimum absolute atomic E-state index is 0.363. The molecule has 1 aliphatic heterocycles. The van der Waals surface area contributed by atoms with Crippen LogP contribution < -0.4 is 10.6 Å². The molecule has 9 heteroatoms. The van der Waals surface area contributed by atoms with Gasteiger partial charge in [0.15, 0.2) is 5.96 Å². The van der Waals surface area contributed by atoms with Crippen LogP contribution in [-0.4, -0.2) is 55.1 Å². The normalized spacial score (nSPS) is 15.8. The van der Waals surface area contributed by atoms with Crippen LogP contribution in [0, 0.1) is 13.8 Å². The zero-order valence-corrected chi connectivity index (χ0v) is 19.6. The second kappa shape index (κ2) is 10.8. The number of aryl methyl sites for hydroxylation is 3. The van der Waals surface area contributed by atoms with E-state index in [0.717, 1.165) is 50.0 Å². The van der Waals surface area contributed by atoms with Crippen LogP contribution in [0.2, 0.25) is 0 Å². The zero-order valence-electron chi connectivity index (χ0n) is 18.8. The average molecular weight is 447 g/mol. The Morgan fingerprint density at radius 1 is 1.13 bits per heavy atom. The molecular formula is C22H34N6O2S. The van der Waals surface area contributed by atoms with Gasteiger partial charge < -0.3 is 10.6 Å². The fourth-order valence-corrected chi connectivity index (χ4v) is 5.40. The maximum absolute atomic E-state index is 12.9. The van der Waals surface area contributed by atoms with Crippen LogP contribution in [0.5, 0.6) is 0 Å². The summed E-state index contributed by atoms with van der Waals surface area (Å²) in [6.07, 6.45) is 3.89. The molecule has 0 spiro atoms. The highest BCUT2D eigenvalue weighted by molar-refractivity contribution is 7.89. The molecule has 0 amide bonds.